The Balaban J connectivity index is 1.83. The third-order valence-corrected chi connectivity index (χ3v) is 3.94. The van der Waals surface area contributed by atoms with Gasteiger partial charge in [-0.2, -0.15) is 0 Å². The lowest BCUT2D eigenvalue weighted by Crippen LogP contribution is -2.54. The second kappa shape index (κ2) is 8.68. The molecule has 2 atom stereocenters. The summed E-state index contributed by atoms with van der Waals surface area (Å²) < 4.78 is 5.20. The average Bonchev–Trinajstić information content (AvgIpc) is 2.96. The molecule has 1 aromatic carbocycles. The van der Waals surface area contributed by atoms with Gasteiger partial charge in [-0.3, -0.25) is 10.2 Å². The monoisotopic (exact) mass is 332 g/mol. The maximum absolute atomic E-state index is 12.4. The summed E-state index contributed by atoms with van der Waals surface area (Å²) >= 11 is 0. The first kappa shape index (κ1) is 18.3. The highest BCUT2D eigenvalue weighted by Gasteiger charge is 2.28. The average molecular weight is 332 g/mol. The zero-order chi connectivity index (χ0) is 17.5. The number of hydrogen-bond donors (Lipinski definition) is 2. The summed E-state index contributed by atoms with van der Waals surface area (Å²) in [5, 5.41) is 4.52. The number of alkyl carbamates (subject to hydrolysis) is 1. The zero-order valence-electron chi connectivity index (χ0n) is 14.5. The predicted octanol–water partition coefficient (Wildman–Crippen LogP) is 2.12. The van der Waals surface area contributed by atoms with Gasteiger partial charge < -0.3 is 10.1 Å². The van der Waals surface area contributed by atoms with Gasteiger partial charge in [-0.1, -0.05) is 51.1 Å². The molecule has 6 heteroatoms. The number of hydrazine groups is 1. The molecule has 24 heavy (non-hydrogen) atoms. The van der Waals surface area contributed by atoms with Gasteiger partial charge in [0.1, 0.15) is 12.6 Å². The van der Waals surface area contributed by atoms with Crippen LogP contribution in [0.25, 0.3) is 0 Å². The van der Waals surface area contributed by atoms with E-state index >= 15 is 0 Å². The maximum Gasteiger partial charge on any atom is 0.408 e. The molecule has 1 saturated heterocycles. The Morgan fingerprint density at radius 1 is 1.29 bits per heavy atom. The molecular formula is C18H26N3O3. The van der Waals surface area contributed by atoms with Crippen LogP contribution in [0.2, 0.25) is 0 Å². The molecule has 0 aromatic heterocycles. The fourth-order valence-corrected chi connectivity index (χ4v) is 2.55. The van der Waals surface area contributed by atoms with Gasteiger partial charge in [-0.15, -0.1) is 0 Å². The highest BCUT2D eigenvalue weighted by Crippen LogP contribution is 2.12. The van der Waals surface area contributed by atoms with E-state index < -0.39 is 12.1 Å². The highest BCUT2D eigenvalue weighted by molar-refractivity contribution is 5.85. The molecule has 0 bridgehead atoms. The summed E-state index contributed by atoms with van der Waals surface area (Å²) in [4.78, 5) is 24.4. The first-order chi connectivity index (χ1) is 11.5. The fraction of sp³-hybridized carbons (Fsp3) is 0.500. The van der Waals surface area contributed by atoms with Gasteiger partial charge in [0.15, 0.2) is 0 Å². The Hall–Kier alpha value is -2.08. The van der Waals surface area contributed by atoms with Crippen LogP contribution in [0, 0.1) is 18.3 Å². The molecule has 6 nitrogen and oxygen atoms in total. The molecule has 0 spiro atoms. The molecule has 1 aromatic rings. The summed E-state index contributed by atoms with van der Waals surface area (Å²) in [6.45, 7) is 7.56. The first-order valence-electron chi connectivity index (χ1n) is 8.31. The van der Waals surface area contributed by atoms with E-state index in [0.29, 0.717) is 5.92 Å². The molecule has 1 aliphatic heterocycles. The number of nitrogens with one attached hydrogen (secondary N) is 2. The second-order valence-electron chi connectivity index (χ2n) is 6.52. The summed E-state index contributed by atoms with van der Waals surface area (Å²) in [5.74, 6) is 0.189. The minimum absolute atomic E-state index is 0.0433. The zero-order valence-corrected chi connectivity index (χ0v) is 14.5. The van der Waals surface area contributed by atoms with Crippen LogP contribution >= 0.6 is 0 Å². The van der Waals surface area contributed by atoms with E-state index in [-0.39, 0.29) is 18.4 Å². The number of amides is 2. The van der Waals surface area contributed by atoms with Crippen molar-refractivity contribution in [1.29, 1.82) is 0 Å². The lowest BCUT2D eigenvalue weighted by molar-refractivity contribution is -0.128. The maximum atomic E-state index is 12.4. The van der Waals surface area contributed by atoms with Gasteiger partial charge in [0.2, 0.25) is 0 Å². The second-order valence-corrected chi connectivity index (χ2v) is 6.52. The topological polar surface area (TPSA) is 70.7 Å². The molecule has 1 fully saturated rings. The van der Waals surface area contributed by atoms with Crippen molar-refractivity contribution < 1.29 is 14.3 Å². The van der Waals surface area contributed by atoms with Crippen molar-refractivity contribution in [3.05, 3.63) is 42.3 Å². The summed E-state index contributed by atoms with van der Waals surface area (Å²) in [5.41, 5.74) is 3.77. The van der Waals surface area contributed by atoms with Crippen molar-refractivity contribution in [2.75, 3.05) is 13.1 Å². The van der Waals surface area contributed by atoms with Crippen LogP contribution < -0.4 is 10.7 Å². The Morgan fingerprint density at radius 3 is 2.58 bits per heavy atom. The highest BCUT2D eigenvalue weighted by atomic mass is 16.5. The van der Waals surface area contributed by atoms with Gasteiger partial charge in [-0.25, -0.2) is 9.80 Å². The van der Waals surface area contributed by atoms with Crippen LogP contribution in [0.3, 0.4) is 0 Å². The van der Waals surface area contributed by atoms with E-state index in [1.54, 1.807) is 0 Å². The molecule has 1 heterocycles. The largest absolute Gasteiger partial charge is 0.445 e. The lowest BCUT2D eigenvalue weighted by Gasteiger charge is -2.25. The van der Waals surface area contributed by atoms with E-state index in [1.807, 2.05) is 49.2 Å². The van der Waals surface area contributed by atoms with E-state index in [1.165, 1.54) is 0 Å². The van der Waals surface area contributed by atoms with Gasteiger partial charge in [0.25, 0.3) is 5.91 Å². The van der Waals surface area contributed by atoms with Crippen molar-refractivity contribution in [2.45, 2.75) is 33.4 Å². The van der Waals surface area contributed by atoms with Gasteiger partial charge in [-0.05, 0) is 23.8 Å². The number of nitrogens with zero attached hydrogens (tertiary/aromatic N) is 1. The fourth-order valence-electron chi connectivity index (χ4n) is 2.55. The number of rotatable bonds is 6. The molecule has 1 aliphatic rings. The molecule has 131 valence electrons. The quantitative estimate of drug-likeness (QED) is 0.837. The molecule has 2 unspecified atom stereocenters. The summed E-state index contributed by atoms with van der Waals surface area (Å²) in [7, 11) is 0. The van der Waals surface area contributed by atoms with Crippen molar-refractivity contribution in [3.8, 4) is 0 Å². The molecule has 0 saturated carbocycles. The lowest BCUT2D eigenvalue weighted by atomic mass is 10.0. The van der Waals surface area contributed by atoms with Gasteiger partial charge in [0, 0.05) is 13.1 Å². The van der Waals surface area contributed by atoms with E-state index in [0.717, 1.165) is 18.7 Å². The van der Waals surface area contributed by atoms with Crippen LogP contribution in [-0.4, -0.2) is 36.1 Å². The number of carbonyl (C=O) groups is 2. The molecule has 2 rings (SSSR count). The molecule has 1 radical (unpaired) electrons. The van der Waals surface area contributed by atoms with Crippen molar-refractivity contribution in [3.63, 3.8) is 0 Å². The van der Waals surface area contributed by atoms with Crippen LogP contribution in [0.5, 0.6) is 0 Å². The van der Waals surface area contributed by atoms with Crippen molar-refractivity contribution >= 4 is 12.0 Å². The Kier molecular flexibility index (Phi) is 6.61. The smallest absolute Gasteiger partial charge is 0.408 e. The standard InChI is InChI=1S/C18H26N3O3/c1-13(2)16(17(22)20-21-10-9-14(3)11-21)19-18(23)24-12-15-7-5-4-6-8-15/h4-9,13-14,16H,10-12H2,1-3H3,(H,19,23)(H,20,22). The minimum atomic E-state index is -0.635. The Bertz CT molecular complexity index is 548. The third-order valence-electron chi connectivity index (χ3n) is 3.94. The van der Waals surface area contributed by atoms with Gasteiger partial charge >= 0.3 is 6.09 Å². The van der Waals surface area contributed by atoms with Crippen LogP contribution in [0.15, 0.2) is 30.3 Å². The van der Waals surface area contributed by atoms with Crippen molar-refractivity contribution in [1.82, 2.24) is 15.8 Å². The molecule has 0 aliphatic carbocycles. The SMILES string of the molecule is CC1[CH]CN(NC(=O)C(NC(=O)OCc2ccccc2)C(C)C)C1. The first-order valence-corrected chi connectivity index (χ1v) is 8.31. The van der Waals surface area contributed by atoms with E-state index in [2.05, 4.69) is 24.1 Å². The van der Waals surface area contributed by atoms with Crippen LogP contribution in [0.1, 0.15) is 26.3 Å². The summed E-state index contributed by atoms with van der Waals surface area (Å²) in [6.07, 6.45) is 1.56. The normalized spacial score (nSPS) is 19.1. The third kappa shape index (κ3) is 5.53. The Morgan fingerprint density at radius 2 is 2.00 bits per heavy atom. The molecule has 2 N–H and O–H groups in total. The molecular weight excluding hydrogens is 306 g/mol. The van der Waals surface area contributed by atoms with Crippen molar-refractivity contribution in [2.24, 2.45) is 11.8 Å². The minimum Gasteiger partial charge on any atom is -0.445 e. The Labute approximate surface area is 143 Å². The molecule has 2 amide bonds. The van der Waals surface area contributed by atoms with Crippen LogP contribution in [0.4, 0.5) is 4.79 Å². The number of benzene rings is 1. The predicted molar refractivity (Wildman–Crippen MR) is 91.6 cm³/mol. The number of hydrogen-bond acceptors (Lipinski definition) is 4. The van der Waals surface area contributed by atoms with Crippen LogP contribution in [-0.2, 0) is 16.1 Å². The van der Waals surface area contributed by atoms with E-state index in [4.69, 9.17) is 4.74 Å². The number of ether oxygens (including phenoxy) is 1. The van der Waals surface area contributed by atoms with Gasteiger partial charge in [0.05, 0.1) is 0 Å². The summed E-state index contributed by atoms with van der Waals surface area (Å²) in [6, 6.07) is 8.79. The number of carbonyl (C=O) groups excluding carboxylic acids is 2. The van der Waals surface area contributed by atoms with E-state index in [9.17, 15) is 9.59 Å².